The fourth-order valence-electron chi connectivity index (χ4n) is 6.46. The molecule has 0 spiro atoms. The summed E-state index contributed by atoms with van der Waals surface area (Å²) in [7, 11) is 0. The lowest BCUT2D eigenvalue weighted by Crippen LogP contribution is -2.25. The van der Waals surface area contributed by atoms with Gasteiger partial charge in [-0.15, -0.1) is 0 Å². The Labute approximate surface area is 218 Å². The minimum atomic E-state index is -5.35. The van der Waals surface area contributed by atoms with Crippen LogP contribution in [0.4, 0.5) is 35.1 Å². The average Bonchev–Trinajstić information content (AvgIpc) is 2.87. The molecule has 0 amide bonds. The first-order valence-electron chi connectivity index (χ1n) is 13.4. The third-order valence-electron chi connectivity index (χ3n) is 8.50. The van der Waals surface area contributed by atoms with Crippen molar-refractivity contribution < 1.29 is 35.1 Å². The van der Waals surface area contributed by atoms with Crippen LogP contribution in [0.15, 0.2) is 30.3 Å². The normalized spacial score (nSPS) is 25.3. The van der Waals surface area contributed by atoms with Gasteiger partial charge in [-0.2, -0.15) is 13.2 Å². The lowest BCUT2D eigenvalue weighted by atomic mass is 9.68. The Bertz CT molecular complexity index is 1130. The van der Waals surface area contributed by atoms with Crippen molar-refractivity contribution in [1.29, 1.82) is 0 Å². The standard InChI is InChI=1S/C30H32F8/c1-2-3-17-4-6-18(7-5-17)19-8-10-20(11-9-19)21-12-13-23(24(31)14-21)29(35)28(34)22-15-25(32)27(26(33)16-22)30(36,37)38/h12-20H,2-11H2,1H3/b29-28+. The highest BCUT2D eigenvalue weighted by molar-refractivity contribution is 5.83. The van der Waals surface area contributed by atoms with Crippen molar-refractivity contribution >= 4 is 11.7 Å². The summed E-state index contributed by atoms with van der Waals surface area (Å²) in [5, 5.41) is 0. The Kier molecular flexibility index (Phi) is 8.88. The summed E-state index contributed by atoms with van der Waals surface area (Å²) in [4.78, 5) is 0. The molecular formula is C30H32F8. The van der Waals surface area contributed by atoms with Gasteiger partial charge in [-0.3, -0.25) is 0 Å². The molecule has 208 valence electrons. The maximum absolute atomic E-state index is 14.8. The summed E-state index contributed by atoms with van der Waals surface area (Å²) < 4.78 is 110. The van der Waals surface area contributed by atoms with E-state index in [9.17, 15) is 35.1 Å². The molecule has 2 fully saturated rings. The van der Waals surface area contributed by atoms with Crippen molar-refractivity contribution in [1.82, 2.24) is 0 Å². The fraction of sp³-hybridized carbons (Fsp3) is 0.533. The minimum Gasteiger partial charge on any atom is -0.206 e. The van der Waals surface area contributed by atoms with E-state index in [2.05, 4.69) is 6.92 Å². The molecule has 0 radical (unpaired) electrons. The number of alkyl halides is 3. The van der Waals surface area contributed by atoms with E-state index in [4.69, 9.17) is 0 Å². The van der Waals surface area contributed by atoms with Gasteiger partial charge in [0.1, 0.15) is 23.0 Å². The van der Waals surface area contributed by atoms with Gasteiger partial charge >= 0.3 is 6.18 Å². The van der Waals surface area contributed by atoms with E-state index in [1.54, 1.807) is 0 Å². The van der Waals surface area contributed by atoms with Gasteiger partial charge in [0.25, 0.3) is 0 Å². The molecule has 2 aliphatic rings. The van der Waals surface area contributed by atoms with Crippen LogP contribution in [0.1, 0.15) is 99.3 Å². The molecule has 0 nitrogen and oxygen atoms in total. The number of hydrogen-bond acceptors (Lipinski definition) is 0. The lowest BCUT2D eigenvalue weighted by Gasteiger charge is -2.38. The zero-order valence-electron chi connectivity index (χ0n) is 21.3. The van der Waals surface area contributed by atoms with E-state index < -0.39 is 52.0 Å². The molecule has 2 aromatic carbocycles. The van der Waals surface area contributed by atoms with E-state index in [0.717, 1.165) is 49.7 Å². The molecule has 0 bridgehead atoms. The molecule has 2 aromatic rings. The van der Waals surface area contributed by atoms with Crippen molar-refractivity contribution in [2.75, 3.05) is 0 Å². The molecule has 0 aliphatic heterocycles. The first-order chi connectivity index (χ1) is 18.0. The molecule has 38 heavy (non-hydrogen) atoms. The Morgan fingerprint density at radius 3 is 1.79 bits per heavy atom. The molecule has 8 heteroatoms. The third-order valence-corrected chi connectivity index (χ3v) is 8.50. The summed E-state index contributed by atoms with van der Waals surface area (Å²) in [6.07, 6.45) is 6.19. The number of hydrogen-bond donors (Lipinski definition) is 0. The van der Waals surface area contributed by atoms with E-state index in [0.29, 0.717) is 11.5 Å². The molecule has 0 N–H and O–H groups in total. The Hall–Kier alpha value is -2.38. The van der Waals surface area contributed by atoms with Gasteiger partial charge in [0.2, 0.25) is 0 Å². The third kappa shape index (κ3) is 6.26. The first-order valence-corrected chi connectivity index (χ1v) is 13.4. The second-order valence-corrected chi connectivity index (χ2v) is 10.9. The quantitative estimate of drug-likeness (QED) is 0.251. The molecule has 2 saturated carbocycles. The van der Waals surface area contributed by atoms with E-state index in [-0.39, 0.29) is 18.1 Å². The SMILES string of the molecule is CCCC1CCC(C2CCC(c3ccc(/C(F)=C(\F)c4cc(F)c(C(F)(F)F)c(F)c4)c(F)c3)CC2)CC1. The van der Waals surface area contributed by atoms with Crippen molar-refractivity contribution in [3.63, 3.8) is 0 Å². The summed E-state index contributed by atoms with van der Waals surface area (Å²) in [6.45, 7) is 2.23. The van der Waals surface area contributed by atoms with E-state index >= 15 is 0 Å². The topological polar surface area (TPSA) is 0 Å². The Balaban J connectivity index is 1.44. The molecule has 4 rings (SSSR count). The molecule has 0 saturated heterocycles. The Morgan fingerprint density at radius 1 is 0.737 bits per heavy atom. The van der Waals surface area contributed by atoms with Crippen LogP contribution in [0.2, 0.25) is 0 Å². The zero-order chi connectivity index (χ0) is 27.6. The van der Waals surface area contributed by atoms with Crippen LogP contribution in [0.5, 0.6) is 0 Å². The highest BCUT2D eigenvalue weighted by atomic mass is 19.4. The largest absolute Gasteiger partial charge is 0.422 e. The van der Waals surface area contributed by atoms with Crippen LogP contribution in [-0.2, 0) is 6.18 Å². The number of benzene rings is 2. The summed E-state index contributed by atoms with van der Waals surface area (Å²) in [5.74, 6) is -6.45. The first kappa shape index (κ1) is 28.6. The molecule has 0 atom stereocenters. The predicted molar refractivity (Wildman–Crippen MR) is 132 cm³/mol. The van der Waals surface area contributed by atoms with Crippen LogP contribution in [0.25, 0.3) is 11.7 Å². The van der Waals surface area contributed by atoms with Crippen molar-refractivity contribution in [3.05, 3.63) is 70.0 Å². The van der Waals surface area contributed by atoms with Crippen LogP contribution in [-0.4, -0.2) is 0 Å². The van der Waals surface area contributed by atoms with Crippen molar-refractivity contribution in [2.45, 2.75) is 83.2 Å². The molecule has 0 unspecified atom stereocenters. The molecule has 2 aliphatic carbocycles. The van der Waals surface area contributed by atoms with Crippen molar-refractivity contribution in [3.8, 4) is 0 Å². The van der Waals surface area contributed by atoms with Crippen LogP contribution >= 0.6 is 0 Å². The van der Waals surface area contributed by atoms with Gasteiger partial charge in [-0.05, 0) is 92.0 Å². The summed E-state index contributed by atoms with van der Waals surface area (Å²) in [5.41, 5.74) is -3.37. The van der Waals surface area contributed by atoms with E-state index in [1.807, 2.05) is 0 Å². The molecular weight excluding hydrogens is 512 g/mol. The molecule has 0 heterocycles. The smallest absolute Gasteiger partial charge is 0.206 e. The second-order valence-electron chi connectivity index (χ2n) is 10.9. The highest BCUT2D eigenvalue weighted by Crippen LogP contribution is 2.45. The fourth-order valence-corrected chi connectivity index (χ4v) is 6.46. The monoisotopic (exact) mass is 544 g/mol. The number of rotatable bonds is 6. The number of halogens is 8. The minimum absolute atomic E-state index is 0.0435. The van der Waals surface area contributed by atoms with Gasteiger partial charge in [0.15, 0.2) is 11.7 Å². The van der Waals surface area contributed by atoms with Crippen LogP contribution in [0, 0.1) is 35.2 Å². The van der Waals surface area contributed by atoms with Gasteiger partial charge in [0, 0.05) is 11.1 Å². The lowest BCUT2D eigenvalue weighted by molar-refractivity contribution is -0.142. The van der Waals surface area contributed by atoms with E-state index in [1.165, 1.54) is 44.6 Å². The predicted octanol–water partition coefficient (Wildman–Crippen LogP) is 10.8. The Morgan fingerprint density at radius 2 is 1.29 bits per heavy atom. The van der Waals surface area contributed by atoms with Gasteiger partial charge < -0.3 is 0 Å². The molecule has 0 aromatic heterocycles. The second kappa shape index (κ2) is 11.8. The van der Waals surface area contributed by atoms with Gasteiger partial charge in [0.05, 0.1) is 0 Å². The van der Waals surface area contributed by atoms with Crippen LogP contribution < -0.4 is 0 Å². The maximum Gasteiger partial charge on any atom is 0.422 e. The summed E-state index contributed by atoms with van der Waals surface area (Å²) in [6, 6.07) is 3.82. The average molecular weight is 545 g/mol. The van der Waals surface area contributed by atoms with Crippen LogP contribution in [0.3, 0.4) is 0 Å². The maximum atomic E-state index is 14.8. The highest BCUT2D eigenvalue weighted by Gasteiger charge is 2.38. The summed E-state index contributed by atoms with van der Waals surface area (Å²) >= 11 is 0. The van der Waals surface area contributed by atoms with Crippen molar-refractivity contribution in [2.24, 2.45) is 17.8 Å². The van der Waals surface area contributed by atoms with Gasteiger partial charge in [-0.1, -0.05) is 38.7 Å². The zero-order valence-corrected chi connectivity index (χ0v) is 21.3. The van der Waals surface area contributed by atoms with Gasteiger partial charge in [-0.25, -0.2) is 22.0 Å².